The zero-order valence-electron chi connectivity index (χ0n) is 18.3. The average Bonchev–Trinajstić information content (AvgIpc) is 2.86. The van der Waals surface area contributed by atoms with Gasteiger partial charge >= 0.3 is 6.09 Å². The Kier molecular flexibility index (Phi) is 8.31. The molecule has 0 unspecified atom stereocenters. The van der Waals surface area contributed by atoms with E-state index in [9.17, 15) is 14.7 Å². The predicted molar refractivity (Wildman–Crippen MR) is 110 cm³/mol. The van der Waals surface area contributed by atoms with Gasteiger partial charge in [0.1, 0.15) is 5.60 Å². The van der Waals surface area contributed by atoms with Crippen molar-refractivity contribution >= 4 is 12.0 Å². The molecule has 1 aliphatic heterocycles. The molecular weight excluding hydrogens is 392 g/mol. The lowest BCUT2D eigenvalue weighted by molar-refractivity contribution is 0.0223. The minimum absolute atomic E-state index is 0.0523. The molecule has 1 aromatic carbocycles. The smallest absolute Gasteiger partial charge is 0.410 e. The summed E-state index contributed by atoms with van der Waals surface area (Å²) in [7, 11) is 2.98. The number of hydrogen-bond donors (Lipinski definition) is 2. The number of rotatable bonds is 6. The number of methoxy groups -OCH3 is 2. The van der Waals surface area contributed by atoms with E-state index in [-0.39, 0.29) is 19.2 Å². The van der Waals surface area contributed by atoms with Crippen LogP contribution in [0.25, 0.3) is 0 Å². The molecule has 1 heterocycles. The maximum Gasteiger partial charge on any atom is 0.410 e. The number of carbonyl (C=O) groups is 2. The summed E-state index contributed by atoms with van der Waals surface area (Å²) in [5.74, 6) is 0.444. The van der Waals surface area contributed by atoms with Crippen molar-refractivity contribution in [3.8, 4) is 11.5 Å². The molecule has 0 spiro atoms. The van der Waals surface area contributed by atoms with Crippen molar-refractivity contribution in [2.75, 3.05) is 34.1 Å². The Balaban J connectivity index is 2.10. The van der Waals surface area contributed by atoms with Crippen LogP contribution in [0, 0.1) is 0 Å². The molecule has 168 valence electrons. The minimum Gasteiger partial charge on any atom is -0.493 e. The third kappa shape index (κ3) is 6.77. The summed E-state index contributed by atoms with van der Waals surface area (Å²) >= 11 is 0. The Morgan fingerprint density at radius 2 is 1.97 bits per heavy atom. The number of hydrogen-bond acceptors (Lipinski definition) is 7. The van der Waals surface area contributed by atoms with E-state index >= 15 is 0 Å². The van der Waals surface area contributed by atoms with Crippen LogP contribution in [0.2, 0.25) is 0 Å². The van der Waals surface area contributed by atoms with Crippen LogP contribution in [0.1, 0.15) is 44.0 Å². The number of benzene rings is 1. The van der Waals surface area contributed by atoms with Gasteiger partial charge in [-0.05, 0) is 51.8 Å². The molecule has 2 amide bonds. The number of likely N-dealkylation sites (tertiary alicyclic amines) is 1. The van der Waals surface area contributed by atoms with Crippen LogP contribution in [0.3, 0.4) is 0 Å². The summed E-state index contributed by atoms with van der Waals surface area (Å²) in [6.45, 7) is 6.06. The first-order valence-electron chi connectivity index (χ1n) is 9.91. The second-order valence-electron chi connectivity index (χ2n) is 8.13. The average molecular weight is 424 g/mol. The van der Waals surface area contributed by atoms with Crippen LogP contribution in [-0.2, 0) is 9.47 Å². The normalized spacial score (nSPS) is 19.6. The Bertz CT molecular complexity index is 733. The molecule has 9 heteroatoms. The molecule has 0 radical (unpaired) electrons. The highest BCUT2D eigenvalue weighted by atomic mass is 16.7. The number of nitrogens with zero attached hydrogens (tertiary/aromatic N) is 1. The first-order valence-corrected chi connectivity index (χ1v) is 9.91. The monoisotopic (exact) mass is 424 g/mol. The molecule has 2 rings (SSSR count). The molecule has 0 saturated carbocycles. The summed E-state index contributed by atoms with van der Waals surface area (Å²) < 4.78 is 21.0. The number of amides is 2. The van der Waals surface area contributed by atoms with E-state index in [1.807, 2.05) is 0 Å². The molecule has 2 atom stereocenters. The molecular formula is C21H32N2O7. The quantitative estimate of drug-likeness (QED) is 0.674. The summed E-state index contributed by atoms with van der Waals surface area (Å²) in [6, 6.07) is 4.14. The van der Waals surface area contributed by atoms with Crippen LogP contribution >= 0.6 is 0 Å². The maximum atomic E-state index is 12.8. The number of ether oxygens (including phenoxy) is 4. The van der Waals surface area contributed by atoms with Crippen LogP contribution in [0.5, 0.6) is 11.5 Å². The van der Waals surface area contributed by atoms with Crippen LogP contribution < -0.4 is 14.8 Å². The van der Waals surface area contributed by atoms with Gasteiger partial charge in [0.25, 0.3) is 5.91 Å². The Hall–Kier alpha value is -2.52. The fourth-order valence-corrected chi connectivity index (χ4v) is 3.08. The standard InChI is InChI=1S/C21H32N2O7/c1-21(2,3)30-20(26)23-10-6-7-16(24)15(12-23)22-19(25)14-8-9-17(29-13-27-4)18(11-14)28-5/h8-9,11,15-16,24H,6-7,10,12-13H2,1-5H3,(H,22,25)/t15-,16-/m1/s1. The molecule has 1 saturated heterocycles. The fourth-order valence-electron chi connectivity index (χ4n) is 3.08. The van der Waals surface area contributed by atoms with Gasteiger partial charge in [0.05, 0.1) is 19.3 Å². The van der Waals surface area contributed by atoms with Crippen molar-refractivity contribution in [2.45, 2.75) is 51.4 Å². The van der Waals surface area contributed by atoms with Gasteiger partial charge < -0.3 is 34.3 Å². The van der Waals surface area contributed by atoms with Crippen molar-refractivity contribution in [2.24, 2.45) is 0 Å². The van der Waals surface area contributed by atoms with Crippen molar-refractivity contribution < 1.29 is 33.6 Å². The molecule has 1 aliphatic rings. The number of aliphatic hydroxyl groups excluding tert-OH is 1. The topological polar surface area (TPSA) is 107 Å². The van der Waals surface area contributed by atoms with E-state index in [4.69, 9.17) is 18.9 Å². The lowest BCUT2D eigenvalue weighted by Gasteiger charge is -2.29. The second-order valence-corrected chi connectivity index (χ2v) is 8.13. The van der Waals surface area contributed by atoms with E-state index in [1.54, 1.807) is 39.0 Å². The van der Waals surface area contributed by atoms with E-state index in [1.165, 1.54) is 19.1 Å². The molecule has 2 N–H and O–H groups in total. The van der Waals surface area contributed by atoms with Gasteiger partial charge in [-0.2, -0.15) is 0 Å². The zero-order chi connectivity index (χ0) is 22.3. The second kappa shape index (κ2) is 10.5. The molecule has 1 aromatic rings. The Labute approximate surface area is 177 Å². The van der Waals surface area contributed by atoms with Crippen molar-refractivity contribution in [1.29, 1.82) is 0 Å². The van der Waals surface area contributed by atoms with Crippen LogP contribution in [0.15, 0.2) is 18.2 Å². The Morgan fingerprint density at radius 1 is 1.23 bits per heavy atom. The SMILES string of the molecule is COCOc1ccc(C(=O)N[C@@H]2CN(C(=O)OC(C)(C)C)CCC[C@H]2O)cc1OC. The zero-order valence-corrected chi connectivity index (χ0v) is 18.3. The summed E-state index contributed by atoms with van der Waals surface area (Å²) in [5, 5.41) is 13.3. The highest BCUT2D eigenvalue weighted by Gasteiger charge is 2.31. The van der Waals surface area contributed by atoms with Gasteiger partial charge in [-0.1, -0.05) is 0 Å². The van der Waals surface area contributed by atoms with Gasteiger partial charge in [0, 0.05) is 25.8 Å². The first kappa shape index (κ1) is 23.8. The third-order valence-electron chi connectivity index (χ3n) is 4.54. The predicted octanol–water partition coefficient (Wildman–Crippen LogP) is 2.17. The van der Waals surface area contributed by atoms with E-state index in [2.05, 4.69) is 5.32 Å². The van der Waals surface area contributed by atoms with Gasteiger partial charge in [-0.15, -0.1) is 0 Å². The van der Waals surface area contributed by atoms with Crippen molar-refractivity contribution in [3.63, 3.8) is 0 Å². The van der Waals surface area contributed by atoms with E-state index in [0.717, 1.165) is 0 Å². The maximum absolute atomic E-state index is 12.8. The lowest BCUT2D eigenvalue weighted by atomic mass is 10.1. The minimum atomic E-state index is -0.771. The third-order valence-corrected chi connectivity index (χ3v) is 4.54. The van der Waals surface area contributed by atoms with Gasteiger partial charge in [-0.25, -0.2) is 4.79 Å². The molecule has 9 nitrogen and oxygen atoms in total. The highest BCUT2D eigenvalue weighted by Crippen LogP contribution is 2.28. The van der Waals surface area contributed by atoms with E-state index in [0.29, 0.717) is 36.4 Å². The molecule has 30 heavy (non-hydrogen) atoms. The number of aliphatic hydroxyl groups is 1. The number of carbonyl (C=O) groups excluding carboxylic acids is 2. The highest BCUT2D eigenvalue weighted by molar-refractivity contribution is 5.95. The van der Waals surface area contributed by atoms with Crippen molar-refractivity contribution in [1.82, 2.24) is 10.2 Å². The van der Waals surface area contributed by atoms with Gasteiger partial charge in [0.2, 0.25) is 0 Å². The van der Waals surface area contributed by atoms with Crippen LogP contribution in [0.4, 0.5) is 4.79 Å². The largest absolute Gasteiger partial charge is 0.493 e. The first-order chi connectivity index (χ1) is 14.1. The van der Waals surface area contributed by atoms with Crippen molar-refractivity contribution in [3.05, 3.63) is 23.8 Å². The molecule has 0 aliphatic carbocycles. The van der Waals surface area contributed by atoms with Crippen LogP contribution in [-0.4, -0.2) is 73.9 Å². The number of nitrogens with one attached hydrogen (secondary N) is 1. The Morgan fingerprint density at radius 3 is 2.60 bits per heavy atom. The molecule has 0 aromatic heterocycles. The fraction of sp³-hybridized carbons (Fsp3) is 0.619. The van der Waals surface area contributed by atoms with Gasteiger partial charge in [-0.3, -0.25) is 4.79 Å². The summed E-state index contributed by atoms with van der Waals surface area (Å²) in [4.78, 5) is 26.8. The summed E-state index contributed by atoms with van der Waals surface area (Å²) in [5.41, 5.74) is -0.277. The molecule has 0 bridgehead atoms. The molecule has 1 fully saturated rings. The summed E-state index contributed by atoms with van der Waals surface area (Å²) in [6.07, 6.45) is -0.145. The van der Waals surface area contributed by atoms with E-state index < -0.39 is 23.8 Å². The van der Waals surface area contributed by atoms with Gasteiger partial charge in [0.15, 0.2) is 18.3 Å². The lowest BCUT2D eigenvalue weighted by Crippen LogP contribution is -2.50.